The normalized spacial score (nSPS) is 12.5. The van der Waals surface area contributed by atoms with Crippen LogP contribution in [0.4, 0.5) is 5.69 Å². The van der Waals surface area contributed by atoms with Gasteiger partial charge >= 0.3 is 0 Å². The first-order chi connectivity index (χ1) is 11.6. The maximum Gasteiger partial charge on any atom is 0.251 e. The topological polar surface area (TPSA) is 75.3 Å². The van der Waals surface area contributed by atoms with Gasteiger partial charge in [-0.1, -0.05) is 12.1 Å². The molecule has 0 radical (unpaired) electrons. The zero-order valence-corrected chi connectivity index (χ0v) is 16.0. The maximum absolute atomic E-state index is 12.4. The van der Waals surface area contributed by atoms with Gasteiger partial charge < -0.3 is 5.32 Å². The Morgan fingerprint density at radius 3 is 2.08 bits per heavy atom. The van der Waals surface area contributed by atoms with Crippen LogP contribution in [0, 0.1) is 20.8 Å². The quantitative estimate of drug-likeness (QED) is 0.857. The number of benzene rings is 2. The van der Waals surface area contributed by atoms with Crippen molar-refractivity contribution in [1.29, 1.82) is 0 Å². The Morgan fingerprint density at radius 2 is 1.52 bits per heavy atom. The Morgan fingerprint density at radius 1 is 0.960 bits per heavy atom. The molecular weight excluding hydrogens is 336 g/mol. The molecule has 2 aromatic rings. The van der Waals surface area contributed by atoms with Crippen molar-refractivity contribution in [2.24, 2.45) is 0 Å². The number of hydrogen-bond donors (Lipinski definition) is 2. The third-order valence-corrected chi connectivity index (χ3v) is 4.75. The van der Waals surface area contributed by atoms with Crippen LogP contribution in [0.3, 0.4) is 0 Å². The predicted molar refractivity (Wildman–Crippen MR) is 101 cm³/mol. The highest BCUT2D eigenvalue weighted by Crippen LogP contribution is 2.22. The first kappa shape index (κ1) is 19.0. The Balaban J connectivity index is 2.12. The van der Waals surface area contributed by atoms with Crippen LogP contribution in [0.15, 0.2) is 36.4 Å². The zero-order valence-electron chi connectivity index (χ0n) is 15.2. The largest absolute Gasteiger partial charge is 0.346 e. The molecule has 6 heteroatoms. The lowest BCUT2D eigenvalue weighted by atomic mass is 9.96. The van der Waals surface area contributed by atoms with Crippen molar-refractivity contribution in [3.8, 4) is 0 Å². The molecule has 2 rings (SSSR count). The number of aryl methyl sites for hydroxylation is 3. The summed E-state index contributed by atoms with van der Waals surface area (Å²) in [5.74, 6) is -0.198. The number of carbonyl (C=O) groups excluding carboxylic acids is 1. The maximum atomic E-state index is 12.4. The van der Waals surface area contributed by atoms with Gasteiger partial charge in [-0.15, -0.1) is 0 Å². The van der Waals surface area contributed by atoms with Crippen molar-refractivity contribution in [1.82, 2.24) is 5.32 Å². The summed E-state index contributed by atoms with van der Waals surface area (Å²) < 4.78 is 24.8. The Bertz CT molecular complexity index is 888. The molecule has 25 heavy (non-hydrogen) atoms. The van der Waals surface area contributed by atoms with Crippen LogP contribution in [0.5, 0.6) is 0 Å². The van der Waals surface area contributed by atoms with Crippen LogP contribution in [0.2, 0.25) is 0 Å². The molecule has 0 saturated heterocycles. The molecule has 0 heterocycles. The molecule has 1 atom stereocenters. The predicted octanol–water partition coefficient (Wildman–Crippen LogP) is 3.47. The fourth-order valence-electron chi connectivity index (χ4n) is 2.71. The molecule has 0 spiro atoms. The van der Waals surface area contributed by atoms with Gasteiger partial charge in [0.15, 0.2) is 0 Å². The summed E-state index contributed by atoms with van der Waals surface area (Å²) in [5, 5.41) is 2.99. The lowest BCUT2D eigenvalue weighted by Crippen LogP contribution is -2.27. The van der Waals surface area contributed by atoms with Crippen molar-refractivity contribution in [3.05, 3.63) is 64.2 Å². The average molecular weight is 360 g/mol. The first-order valence-electron chi connectivity index (χ1n) is 8.03. The van der Waals surface area contributed by atoms with Crippen LogP contribution in [-0.4, -0.2) is 20.6 Å². The molecule has 0 aromatic heterocycles. The minimum absolute atomic E-state index is 0.124. The number of nitrogens with one attached hydrogen (secondary N) is 2. The van der Waals surface area contributed by atoms with Gasteiger partial charge in [-0.05, 0) is 74.2 Å². The number of sulfonamides is 1. The minimum atomic E-state index is -3.33. The molecule has 0 aliphatic heterocycles. The number of rotatable bonds is 5. The van der Waals surface area contributed by atoms with Gasteiger partial charge in [-0.3, -0.25) is 9.52 Å². The summed E-state index contributed by atoms with van der Waals surface area (Å²) in [6.07, 6.45) is 1.08. The van der Waals surface area contributed by atoms with Crippen LogP contribution in [0.1, 0.15) is 45.6 Å². The van der Waals surface area contributed by atoms with Crippen LogP contribution in [0.25, 0.3) is 0 Å². The van der Waals surface area contributed by atoms with E-state index in [0.717, 1.165) is 17.4 Å². The zero-order chi connectivity index (χ0) is 18.8. The summed E-state index contributed by atoms with van der Waals surface area (Å²) in [5.41, 5.74) is 5.56. The molecule has 0 bridgehead atoms. The van der Waals surface area contributed by atoms with Crippen LogP contribution >= 0.6 is 0 Å². The Kier molecular flexibility index (Phi) is 5.52. The van der Waals surface area contributed by atoms with Gasteiger partial charge in [0.25, 0.3) is 5.91 Å². The molecule has 0 aliphatic rings. The van der Waals surface area contributed by atoms with Crippen molar-refractivity contribution < 1.29 is 13.2 Å². The molecule has 5 nitrogen and oxygen atoms in total. The van der Waals surface area contributed by atoms with Crippen molar-refractivity contribution in [3.63, 3.8) is 0 Å². The van der Waals surface area contributed by atoms with Gasteiger partial charge in [0, 0.05) is 11.3 Å². The molecule has 134 valence electrons. The molecular formula is C19H24N2O3S. The third-order valence-electron chi connectivity index (χ3n) is 4.15. The molecule has 2 aromatic carbocycles. The van der Waals surface area contributed by atoms with Gasteiger partial charge in [-0.2, -0.15) is 0 Å². The minimum Gasteiger partial charge on any atom is -0.346 e. The van der Waals surface area contributed by atoms with E-state index in [1.165, 1.54) is 11.1 Å². The summed E-state index contributed by atoms with van der Waals surface area (Å²) in [4.78, 5) is 12.4. The van der Waals surface area contributed by atoms with Gasteiger partial charge in [0.1, 0.15) is 0 Å². The van der Waals surface area contributed by atoms with E-state index < -0.39 is 10.0 Å². The van der Waals surface area contributed by atoms with E-state index >= 15 is 0 Å². The van der Waals surface area contributed by atoms with Crippen molar-refractivity contribution in [2.75, 3.05) is 11.0 Å². The monoisotopic (exact) mass is 360 g/mol. The molecule has 0 fully saturated rings. The highest BCUT2D eigenvalue weighted by atomic mass is 32.2. The number of carbonyl (C=O) groups is 1. The van der Waals surface area contributed by atoms with Crippen LogP contribution < -0.4 is 10.0 Å². The number of anilines is 1. The van der Waals surface area contributed by atoms with E-state index in [9.17, 15) is 13.2 Å². The lowest BCUT2D eigenvalue weighted by molar-refractivity contribution is 0.0940. The summed E-state index contributed by atoms with van der Waals surface area (Å²) in [6, 6.07) is 10.4. The fraction of sp³-hybridized carbons (Fsp3) is 0.316. The Hall–Kier alpha value is -2.34. The lowest BCUT2D eigenvalue weighted by Gasteiger charge is -2.18. The van der Waals surface area contributed by atoms with E-state index in [1.54, 1.807) is 24.3 Å². The van der Waals surface area contributed by atoms with E-state index in [0.29, 0.717) is 11.3 Å². The molecule has 1 unspecified atom stereocenters. The smallest absolute Gasteiger partial charge is 0.251 e. The van der Waals surface area contributed by atoms with E-state index in [2.05, 4.69) is 36.0 Å². The Labute approximate surface area is 149 Å². The average Bonchev–Trinajstić information content (AvgIpc) is 2.49. The second-order valence-corrected chi connectivity index (χ2v) is 8.19. The standard InChI is InChI=1S/C19H24N2O3S/c1-12-10-14(3)18(11-13(12)2)15(4)20-19(22)16-6-8-17(9-7-16)21-25(5,23)24/h6-11,15,21H,1-5H3,(H,20,22). The summed E-state index contributed by atoms with van der Waals surface area (Å²) >= 11 is 0. The highest BCUT2D eigenvalue weighted by molar-refractivity contribution is 7.92. The first-order valence-corrected chi connectivity index (χ1v) is 9.92. The van der Waals surface area contributed by atoms with E-state index in [-0.39, 0.29) is 11.9 Å². The molecule has 1 amide bonds. The fourth-order valence-corrected chi connectivity index (χ4v) is 3.28. The molecule has 2 N–H and O–H groups in total. The van der Waals surface area contributed by atoms with Gasteiger partial charge in [-0.25, -0.2) is 8.42 Å². The van der Waals surface area contributed by atoms with Gasteiger partial charge in [0.2, 0.25) is 10.0 Å². The SMILES string of the molecule is Cc1cc(C)c(C(C)NC(=O)c2ccc(NS(C)(=O)=O)cc2)cc1C. The van der Waals surface area contributed by atoms with Crippen molar-refractivity contribution in [2.45, 2.75) is 33.7 Å². The second-order valence-electron chi connectivity index (χ2n) is 6.44. The van der Waals surface area contributed by atoms with E-state index in [4.69, 9.17) is 0 Å². The highest BCUT2D eigenvalue weighted by Gasteiger charge is 2.14. The van der Waals surface area contributed by atoms with Crippen molar-refractivity contribution >= 4 is 21.6 Å². The van der Waals surface area contributed by atoms with Crippen LogP contribution in [-0.2, 0) is 10.0 Å². The summed E-state index contributed by atoms with van der Waals surface area (Å²) in [6.45, 7) is 8.12. The summed E-state index contributed by atoms with van der Waals surface area (Å²) in [7, 11) is -3.33. The van der Waals surface area contributed by atoms with Gasteiger partial charge in [0.05, 0.1) is 12.3 Å². The number of hydrogen-bond acceptors (Lipinski definition) is 3. The number of amides is 1. The second kappa shape index (κ2) is 7.27. The molecule has 0 saturated carbocycles. The third kappa shape index (κ3) is 5.06. The molecule has 0 aliphatic carbocycles. The van der Waals surface area contributed by atoms with E-state index in [1.807, 2.05) is 13.8 Å².